The predicted octanol–water partition coefficient (Wildman–Crippen LogP) is 2.05. The number of anilines is 1. The summed E-state index contributed by atoms with van der Waals surface area (Å²) < 4.78 is 0. The lowest BCUT2D eigenvalue weighted by Gasteiger charge is -2.05. The van der Waals surface area contributed by atoms with Gasteiger partial charge in [-0.3, -0.25) is 14.9 Å². The van der Waals surface area contributed by atoms with Crippen LogP contribution < -0.4 is 5.32 Å². The summed E-state index contributed by atoms with van der Waals surface area (Å²) >= 11 is 1.35. The van der Waals surface area contributed by atoms with E-state index in [-0.39, 0.29) is 5.91 Å². The number of nitro groups is 1. The molecule has 1 aliphatic rings. The van der Waals surface area contributed by atoms with Crippen molar-refractivity contribution in [3.05, 3.63) is 15.1 Å². The maximum absolute atomic E-state index is 11.7. The molecule has 0 spiro atoms. The highest BCUT2D eigenvalue weighted by atomic mass is 32.1. The molecular formula is C11H16N4O3S. The third-order valence-electron chi connectivity index (χ3n) is 3.37. The van der Waals surface area contributed by atoms with Crippen LogP contribution in [0, 0.1) is 16.0 Å². The van der Waals surface area contributed by atoms with E-state index >= 15 is 0 Å². The monoisotopic (exact) mass is 284 g/mol. The SMILES string of the molecule is CCC(CC)c1nnc(NC(=O)[C@@H]2C[C@@H]2[N+](=O)[O-])s1. The maximum Gasteiger partial charge on any atom is 0.236 e. The lowest BCUT2D eigenvalue weighted by Crippen LogP contribution is -2.18. The fourth-order valence-electron chi connectivity index (χ4n) is 1.98. The van der Waals surface area contributed by atoms with Crippen LogP contribution in [0.4, 0.5) is 5.13 Å². The highest BCUT2D eigenvalue weighted by Crippen LogP contribution is 2.35. The molecule has 0 aromatic carbocycles. The van der Waals surface area contributed by atoms with Crippen LogP contribution >= 0.6 is 11.3 Å². The Morgan fingerprint density at radius 1 is 1.53 bits per heavy atom. The zero-order chi connectivity index (χ0) is 14.0. The summed E-state index contributed by atoms with van der Waals surface area (Å²) in [6, 6.07) is -0.730. The molecule has 1 fully saturated rings. The van der Waals surface area contributed by atoms with E-state index in [0.29, 0.717) is 17.5 Å². The second kappa shape index (κ2) is 5.60. The minimum absolute atomic E-state index is 0.317. The van der Waals surface area contributed by atoms with Crippen LogP contribution in [0.5, 0.6) is 0 Å². The Morgan fingerprint density at radius 3 is 2.74 bits per heavy atom. The third kappa shape index (κ3) is 3.06. The summed E-state index contributed by atoms with van der Waals surface area (Å²) in [5, 5.41) is 22.4. The van der Waals surface area contributed by atoms with E-state index in [2.05, 4.69) is 29.4 Å². The molecule has 1 aliphatic carbocycles. The molecule has 2 atom stereocenters. The first-order valence-electron chi connectivity index (χ1n) is 6.34. The van der Waals surface area contributed by atoms with Crippen molar-refractivity contribution in [2.75, 3.05) is 5.32 Å². The van der Waals surface area contributed by atoms with Gasteiger partial charge in [0.15, 0.2) is 0 Å². The van der Waals surface area contributed by atoms with E-state index in [1.165, 1.54) is 11.3 Å². The smallest absolute Gasteiger partial charge is 0.236 e. The van der Waals surface area contributed by atoms with Crippen molar-refractivity contribution < 1.29 is 9.72 Å². The molecule has 1 amide bonds. The van der Waals surface area contributed by atoms with Gasteiger partial charge < -0.3 is 5.32 Å². The molecule has 0 unspecified atom stereocenters. The number of hydrogen-bond acceptors (Lipinski definition) is 6. The Kier molecular flexibility index (Phi) is 4.08. The molecule has 0 bridgehead atoms. The highest BCUT2D eigenvalue weighted by Gasteiger charge is 2.53. The second-order valence-corrected chi connectivity index (χ2v) is 5.65. The summed E-state index contributed by atoms with van der Waals surface area (Å²) in [5.74, 6) is -0.486. The van der Waals surface area contributed by atoms with E-state index in [9.17, 15) is 14.9 Å². The molecule has 19 heavy (non-hydrogen) atoms. The molecule has 0 radical (unpaired) electrons. The van der Waals surface area contributed by atoms with E-state index < -0.39 is 16.9 Å². The van der Waals surface area contributed by atoms with Gasteiger partial charge in [-0.25, -0.2) is 0 Å². The summed E-state index contributed by atoms with van der Waals surface area (Å²) in [6.07, 6.45) is 2.27. The summed E-state index contributed by atoms with van der Waals surface area (Å²) in [5.41, 5.74) is 0. The molecule has 7 nitrogen and oxygen atoms in total. The lowest BCUT2D eigenvalue weighted by atomic mass is 10.1. The van der Waals surface area contributed by atoms with Gasteiger partial charge in [0.25, 0.3) is 0 Å². The van der Waals surface area contributed by atoms with Gasteiger partial charge in [0.05, 0.1) is 0 Å². The Morgan fingerprint density at radius 2 is 2.21 bits per heavy atom. The predicted molar refractivity (Wildman–Crippen MR) is 70.8 cm³/mol. The third-order valence-corrected chi connectivity index (χ3v) is 4.37. The van der Waals surface area contributed by atoms with Crippen LogP contribution in [0.3, 0.4) is 0 Å². The fourth-order valence-corrected chi connectivity index (χ4v) is 3.00. The summed E-state index contributed by atoms with van der Waals surface area (Å²) in [6.45, 7) is 4.17. The molecule has 0 saturated heterocycles. The van der Waals surface area contributed by atoms with E-state index in [1.807, 2.05) is 0 Å². The first-order valence-corrected chi connectivity index (χ1v) is 7.16. The number of nitrogens with zero attached hydrogens (tertiary/aromatic N) is 3. The first-order chi connectivity index (χ1) is 9.06. The van der Waals surface area contributed by atoms with Crippen molar-refractivity contribution in [2.45, 2.75) is 45.1 Å². The lowest BCUT2D eigenvalue weighted by molar-refractivity contribution is -0.497. The Labute approximate surface area is 114 Å². The van der Waals surface area contributed by atoms with E-state index in [4.69, 9.17) is 0 Å². The van der Waals surface area contributed by atoms with Gasteiger partial charge in [-0.1, -0.05) is 25.2 Å². The van der Waals surface area contributed by atoms with Gasteiger partial charge in [0.1, 0.15) is 10.9 Å². The number of aromatic nitrogens is 2. The standard InChI is InChI=1S/C11H16N4O3S/c1-3-6(4-2)10-13-14-11(19-10)12-9(16)7-5-8(7)15(17)18/h6-8H,3-5H2,1-2H3,(H,12,14,16)/t7-,8+/m1/s1. The average molecular weight is 284 g/mol. The molecule has 1 N–H and O–H groups in total. The van der Waals surface area contributed by atoms with Crippen molar-refractivity contribution in [1.29, 1.82) is 0 Å². The largest absolute Gasteiger partial charge is 0.300 e. The molecule has 1 heterocycles. The van der Waals surface area contributed by atoms with Gasteiger partial charge in [-0.15, -0.1) is 10.2 Å². The Balaban J connectivity index is 1.93. The number of carbonyl (C=O) groups is 1. The minimum atomic E-state index is -0.730. The van der Waals surface area contributed by atoms with E-state index in [1.54, 1.807) is 0 Å². The zero-order valence-electron chi connectivity index (χ0n) is 10.8. The molecule has 8 heteroatoms. The van der Waals surface area contributed by atoms with Crippen molar-refractivity contribution in [3.63, 3.8) is 0 Å². The van der Waals surface area contributed by atoms with Gasteiger partial charge in [0.2, 0.25) is 17.1 Å². The second-order valence-electron chi connectivity index (χ2n) is 4.64. The molecule has 104 valence electrons. The summed E-state index contributed by atoms with van der Waals surface area (Å²) in [7, 11) is 0. The quantitative estimate of drug-likeness (QED) is 0.636. The number of rotatable bonds is 6. The Bertz CT molecular complexity index is 486. The summed E-state index contributed by atoms with van der Waals surface area (Å²) in [4.78, 5) is 21.8. The number of amides is 1. The van der Waals surface area contributed by atoms with Crippen molar-refractivity contribution in [3.8, 4) is 0 Å². The van der Waals surface area contributed by atoms with Gasteiger partial charge in [0, 0.05) is 17.3 Å². The molecule has 2 rings (SSSR count). The van der Waals surface area contributed by atoms with Crippen LogP contribution in [-0.2, 0) is 4.79 Å². The number of nitrogens with one attached hydrogen (secondary N) is 1. The van der Waals surface area contributed by atoms with Crippen LogP contribution in [0.1, 0.15) is 44.0 Å². The average Bonchev–Trinajstić information content (AvgIpc) is 3.07. The van der Waals surface area contributed by atoms with Crippen LogP contribution in [0.2, 0.25) is 0 Å². The van der Waals surface area contributed by atoms with Gasteiger partial charge in [-0.05, 0) is 12.8 Å². The maximum atomic E-state index is 11.7. The van der Waals surface area contributed by atoms with Crippen molar-refractivity contribution in [1.82, 2.24) is 10.2 Å². The number of hydrogen-bond donors (Lipinski definition) is 1. The highest BCUT2D eigenvalue weighted by molar-refractivity contribution is 7.15. The van der Waals surface area contributed by atoms with Crippen molar-refractivity contribution >= 4 is 22.4 Å². The molecule has 1 saturated carbocycles. The topological polar surface area (TPSA) is 98.0 Å². The first kappa shape index (κ1) is 13.9. The minimum Gasteiger partial charge on any atom is -0.300 e. The van der Waals surface area contributed by atoms with Gasteiger partial charge in [-0.2, -0.15) is 0 Å². The van der Waals surface area contributed by atoms with Gasteiger partial charge >= 0.3 is 0 Å². The number of carbonyl (C=O) groups excluding carboxylic acids is 1. The molecule has 1 aromatic heterocycles. The molecule has 0 aliphatic heterocycles. The van der Waals surface area contributed by atoms with Crippen molar-refractivity contribution in [2.24, 2.45) is 5.92 Å². The zero-order valence-corrected chi connectivity index (χ0v) is 11.6. The Hall–Kier alpha value is -1.57. The van der Waals surface area contributed by atoms with E-state index in [0.717, 1.165) is 17.8 Å². The van der Waals surface area contributed by atoms with Crippen LogP contribution in [0.25, 0.3) is 0 Å². The molecular weight excluding hydrogens is 268 g/mol. The molecule has 1 aromatic rings. The van der Waals surface area contributed by atoms with Crippen LogP contribution in [-0.4, -0.2) is 27.1 Å². The fraction of sp³-hybridized carbons (Fsp3) is 0.727. The van der Waals surface area contributed by atoms with Crippen LogP contribution in [0.15, 0.2) is 0 Å². The normalized spacial score (nSPS) is 21.4.